The van der Waals surface area contributed by atoms with E-state index in [4.69, 9.17) is 0 Å². The monoisotopic (exact) mass is 700 g/mol. The van der Waals surface area contributed by atoms with Gasteiger partial charge in [-0.15, -0.1) is 6.92 Å². The molecule has 1 atom stereocenters. The van der Waals surface area contributed by atoms with Gasteiger partial charge in [-0.05, 0) is 65.2 Å². The third-order valence-electron chi connectivity index (χ3n) is 9.47. The zero-order valence-electron chi connectivity index (χ0n) is 29.3. The minimum atomic E-state index is -2.80. The van der Waals surface area contributed by atoms with Gasteiger partial charge in [0.15, 0.2) is 0 Å². The van der Waals surface area contributed by atoms with E-state index in [1.54, 1.807) is 0 Å². The van der Waals surface area contributed by atoms with Crippen molar-refractivity contribution in [1.29, 1.82) is 0 Å². The topological polar surface area (TPSA) is 0 Å². The van der Waals surface area contributed by atoms with Crippen LogP contribution in [0.5, 0.6) is 0 Å². The largest absolute Gasteiger partial charge is 4.00 e. The van der Waals surface area contributed by atoms with Crippen molar-refractivity contribution in [2.45, 2.75) is 113 Å². The first-order chi connectivity index (χ1) is 18.3. The first kappa shape index (κ1) is 42.9. The van der Waals surface area contributed by atoms with E-state index < -0.39 is 8.07 Å². The summed E-state index contributed by atoms with van der Waals surface area (Å²) in [7, 11) is -2.80. The number of hydrogen-bond donors (Lipinski definition) is 0. The smallest absolute Gasteiger partial charge is 1.00 e. The zero-order valence-corrected chi connectivity index (χ0v) is 34.2. The molecule has 44 heavy (non-hydrogen) atoms. The molecule has 3 aromatic carbocycles. The molecule has 0 N–H and O–H groups in total. The molecule has 1 aliphatic carbocycles. The summed E-state index contributed by atoms with van der Waals surface area (Å²) in [5.41, 5.74) is 12.4. The standard InChI is InChI=1S/C39H51Si.3ClH.Ti/c1-25-15-26(2)18-34(17-25)40(35-19-27(3)16-28(4)20-35,39(14)24-29(5)30(6)31(39)7)36-22-32(37(8,9)10)21-33(23-36)38(11,12)13;;;;/h15-23H,1-14H3;3*1H;/q-1;;;;+4/p-3. The Balaban J connectivity index is 0.00000462. The quantitative estimate of drug-likeness (QED) is 0.202. The molecule has 1 unspecified atom stereocenters. The minimum Gasteiger partial charge on any atom is -1.00 e. The Morgan fingerprint density at radius 2 is 0.841 bits per heavy atom. The third-order valence-corrected chi connectivity index (χ3v) is 14.9. The van der Waals surface area contributed by atoms with Crippen LogP contribution in [0.1, 0.15) is 103 Å². The maximum Gasteiger partial charge on any atom is 4.00 e. The first-order valence-corrected chi connectivity index (χ1v) is 16.9. The summed E-state index contributed by atoms with van der Waals surface area (Å²) in [6.45, 7) is 32.7. The molecule has 0 fully saturated rings. The van der Waals surface area contributed by atoms with Gasteiger partial charge in [0.2, 0.25) is 0 Å². The van der Waals surface area contributed by atoms with Gasteiger partial charge in [-0.3, -0.25) is 6.08 Å². The summed E-state index contributed by atoms with van der Waals surface area (Å²) in [6, 6.07) is 22.3. The molecule has 0 spiro atoms. The van der Waals surface area contributed by atoms with Crippen molar-refractivity contribution in [2.24, 2.45) is 0 Å². The molecular formula is C39H51Cl3SiTi. The summed E-state index contributed by atoms with van der Waals surface area (Å²) in [5, 5.41) is 4.22. The Morgan fingerprint density at radius 1 is 0.523 bits per heavy atom. The van der Waals surface area contributed by atoms with Gasteiger partial charge in [-0.2, -0.15) is 11.1 Å². The van der Waals surface area contributed by atoms with Gasteiger partial charge < -0.3 is 37.2 Å². The van der Waals surface area contributed by atoms with E-state index in [1.807, 2.05) is 0 Å². The van der Waals surface area contributed by atoms with Crippen molar-refractivity contribution in [1.82, 2.24) is 0 Å². The van der Waals surface area contributed by atoms with Crippen LogP contribution >= 0.6 is 0 Å². The molecule has 0 aromatic heterocycles. The second-order valence-electron chi connectivity index (χ2n) is 14.9. The van der Waals surface area contributed by atoms with Crippen LogP contribution in [0.15, 0.2) is 71.3 Å². The van der Waals surface area contributed by atoms with E-state index in [-0.39, 0.29) is 74.8 Å². The van der Waals surface area contributed by atoms with Crippen molar-refractivity contribution >= 4 is 23.6 Å². The molecule has 0 amide bonds. The van der Waals surface area contributed by atoms with Gasteiger partial charge in [0, 0.05) is 0 Å². The molecule has 4 rings (SSSR count). The number of benzene rings is 3. The van der Waals surface area contributed by atoms with E-state index >= 15 is 0 Å². The Morgan fingerprint density at radius 3 is 1.11 bits per heavy atom. The van der Waals surface area contributed by atoms with E-state index in [1.165, 1.54) is 65.7 Å². The zero-order chi connectivity index (χ0) is 30.0. The summed E-state index contributed by atoms with van der Waals surface area (Å²) in [4.78, 5) is 0. The van der Waals surface area contributed by atoms with Crippen LogP contribution in [0.4, 0.5) is 0 Å². The second-order valence-corrected chi connectivity index (χ2v) is 19.2. The van der Waals surface area contributed by atoms with Crippen molar-refractivity contribution in [2.75, 3.05) is 0 Å². The fourth-order valence-corrected chi connectivity index (χ4v) is 13.4. The van der Waals surface area contributed by atoms with Gasteiger partial charge in [-0.25, -0.2) is 5.57 Å². The van der Waals surface area contributed by atoms with E-state index in [0.717, 1.165) is 0 Å². The van der Waals surface area contributed by atoms with E-state index in [9.17, 15) is 0 Å². The van der Waals surface area contributed by atoms with Crippen molar-refractivity contribution in [3.8, 4) is 0 Å². The van der Waals surface area contributed by atoms with Crippen LogP contribution in [0.25, 0.3) is 0 Å². The van der Waals surface area contributed by atoms with Gasteiger partial charge in [0.1, 0.15) is 8.07 Å². The van der Waals surface area contributed by atoms with Crippen LogP contribution < -0.4 is 52.8 Å². The van der Waals surface area contributed by atoms with Gasteiger partial charge in [-0.1, -0.05) is 144 Å². The Kier molecular flexibility index (Phi) is 14.4. The van der Waals surface area contributed by atoms with Crippen LogP contribution in [-0.2, 0) is 32.5 Å². The summed E-state index contributed by atoms with van der Waals surface area (Å²) in [6.07, 6.45) is 4.16. The van der Waals surface area contributed by atoms with Crippen LogP contribution in [0, 0.1) is 33.8 Å². The number of hydrogen-bond acceptors (Lipinski definition) is 0. The minimum absolute atomic E-state index is 0. The molecule has 0 radical (unpaired) electrons. The third kappa shape index (κ3) is 7.56. The predicted octanol–water partition coefficient (Wildman–Crippen LogP) is -0.145. The fourth-order valence-electron chi connectivity index (χ4n) is 7.05. The molecule has 3 aromatic rings. The van der Waals surface area contributed by atoms with Gasteiger partial charge in [0.05, 0.1) is 0 Å². The molecule has 1 aliphatic rings. The molecule has 0 nitrogen and oxygen atoms in total. The van der Waals surface area contributed by atoms with Crippen LogP contribution in [0.2, 0.25) is 5.04 Å². The molecule has 0 aliphatic heterocycles. The second kappa shape index (κ2) is 14.8. The summed E-state index contributed by atoms with van der Waals surface area (Å²) >= 11 is 0. The molecule has 0 saturated heterocycles. The number of halogens is 3. The molecule has 0 bridgehead atoms. The molecule has 0 saturated carbocycles. The SMILES string of the molecule is CC1=[C-]C(C)([Si](c2cc(C)cc(C)c2)(c2cc(C)cc(C)c2)c2cc(C(C)(C)C)cc(C(C)(C)C)c2)C(C)=C1C.[Cl-].[Cl-].[Cl-].[Ti+4]. The molecular weight excluding hydrogens is 651 g/mol. The van der Waals surface area contributed by atoms with E-state index in [0.29, 0.717) is 0 Å². The fraction of sp³-hybridized carbons (Fsp3) is 0.436. The Labute approximate surface area is 304 Å². The number of allylic oxidation sites excluding steroid dienone is 4. The van der Waals surface area contributed by atoms with E-state index in [2.05, 4.69) is 158 Å². The van der Waals surface area contributed by atoms with Crippen molar-refractivity contribution in [3.05, 3.63) is 111 Å². The number of aryl methyl sites for hydroxylation is 4. The van der Waals surface area contributed by atoms with Crippen LogP contribution in [-0.4, -0.2) is 8.07 Å². The van der Waals surface area contributed by atoms with Gasteiger partial charge in [0.25, 0.3) is 0 Å². The predicted molar refractivity (Wildman–Crippen MR) is 180 cm³/mol. The van der Waals surface area contributed by atoms with Gasteiger partial charge >= 0.3 is 21.7 Å². The average molecular weight is 702 g/mol. The van der Waals surface area contributed by atoms with Crippen molar-refractivity contribution in [3.63, 3.8) is 0 Å². The Hall–Kier alpha value is -1.06. The Bertz CT molecular complexity index is 1430. The molecule has 5 heteroatoms. The molecule has 236 valence electrons. The summed E-state index contributed by atoms with van der Waals surface area (Å²) in [5.74, 6) is 0. The number of rotatable bonds is 4. The average Bonchev–Trinajstić information content (AvgIpc) is 3.00. The maximum absolute atomic E-state index is 4.16. The first-order valence-electron chi connectivity index (χ1n) is 14.9. The maximum atomic E-state index is 4.16. The normalized spacial score (nSPS) is 16.7. The summed E-state index contributed by atoms with van der Waals surface area (Å²) < 4.78 is 0. The van der Waals surface area contributed by atoms with Crippen molar-refractivity contribution < 1.29 is 58.9 Å². The van der Waals surface area contributed by atoms with Crippen LogP contribution in [0.3, 0.4) is 0 Å². The molecule has 0 heterocycles.